The van der Waals surface area contributed by atoms with Crippen LogP contribution in [0, 0.1) is 0 Å². The standard InChI is InChI=1S/C21H22F2N2O6S/c22-21(23)31-18-7-3-2-6-17(18)24-19(26)14-30-20(27)15-8-10-16(11-9-15)32(28,29)25-12-4-1-5-13-25/h2-3,6-11,21H,1,4-5,12-14H2,(H,24,26). The van der Waals surface area contributed by atoms with Gasteiger partial charge < -0.3 is 14.8 Å². The predicted molar refractivity (Wildman–Crippen MR) is 111 cm³/mol. The number of piperidine rings is 1. The highest BCUT2D eigenvalue weighted by Gasteiger charge is 2.26. The molecule has 0 saturated carbocycles. The number of nitrogens with one attached hydrogen (secondary N) is 1. The maximum absolute atomic E-state index is 12.7. The molecule has 32 heavy (non-hydrogen) atoms. The van der Waals surface area contributed by atoms with Gasteiger partial charge in [0.1, 0.15) is 5.75 Å². The van der Waals surface area contributed by atoms with E-state index in [2.05, 4.69) is 10.1 Å². The largest absolute Gasteiger partial charge is 0.452 e. The number of alkyl halides is 2. The molecule has 0 spiro atoms. The van der Waals surface area contributed by atoms with Crippen molar-refractivity contribution < 1.29 is 36.3 Å². The third kappa shape index (κ3) is 6.01. The second-order valence-electron chi connectivity index (χ2n) is 6.99. The fraction of sp³-hybridized carbons (Fsp3) is 0.333. The molecule has 0 aliphatic carbocycles. The van der Waals surface area contributed by atoms with Gasteiger partial charge in [0.25, 0.3) is 5.91 Å². The van der Waals surface area contributed by atoms with Crippen LogP contribution in [-0.2, 0) is 19.6 Å². The monoisotopic (exact) mass is 468 g/mol. The highest BCUT2D eigenvalue weighted by Crippen LogP contribution is 2.25. The molecular formula is C21H22F2N2O6S. The topological polar surface area (TPSA) is 102 Å². The van der Waals surface area contributed by atoms with Gasteiger partial charge >= 0.3 is 12.6 Å². The summed E-state index contributed by atoms with van der Waals surface area (Å²) < 4.78 is 60.8. The number of sulfonamides is 1. The van der Waals surface area contributed by atoms with Gasteiger partial charge in [0, 0.05) is 13.1 Å². The van der Waals surface area contributed by atoms with Crippen molar-refractivity contribution in [3.8, 4) is 5.75 Å². The third-order valence-corrected chi connectivity index (χ3v) is 6.67. The molecular weight excluding hydrogens is 446 g/mol. The smallest absolute Gasteiger partial charge is 0.387 e. The summed E-state index contributed by atoms with van der Waals surface area (Å²) in [7, 11) is -3.63. The quantitative estimate of drug-likeness (QED) is 0.597. The Morgan fingerprint density at radius 3 is 2.31 bits per heavy atom. The average molecular weight is 468 g/mol. The third-order valence-electron chi connectivity index (χ3n) is 4.75. The SMILES string of the molecule is O=C(COC(=O)c1ccc(S(=O)(=O)N2CCCCC2)cc1)Nc1ccccc1OC(F)F. The average Bonchev–Trinajstić information content (AvgIpc) is 2.79. The molecule has 0 unspecified atom stereocenters. The molecule has 1 N–H and O–H groups in total. The Balaban J connectivity index is 1.57. The first-order valence-corrected chi connectivity index (χ1v) is 11.3. The minimum absolute atomic E-state index is 0.00104. The van der Waals surface area contributed by atoms with E-state index in [9.17, 15) is 26.8 Å². The molecule has 0 bridgehead atoms. The molecule has 3 rings (SSSR count). The summed E-state index contributed by atoms with van der Waals surface area (Å²) in [6.07, 6.45) is 2.62. The second-order valence-corrected chi connectivity index (χ2v) is 8.93. The maximum Gasteiger partial charge on any atom is 0.387 e. The first-order chi connectivity index (χ1) is 15.3. The first-order valence-electron chi connectivity index (χ1n) is 9.88. The van der Waals surface area contributed by atoms with Crippen molar-refractivity contribution in [2.24, 2.45) is 0 Å². The van der Waals surface area contributed by atoms with E-state index in [0.717, 1.165) is 19.3 Å². The summed E-state index contributed by atoms with van der Waals surface area (Å²) in [5, 5.41) is 2.33. The molecule has 1 aliphatic heterocycles. The molecule has 1 fully saturated rings. The summed E-state index contributed by atoms with van der Waals surface area (Å²) >= 11 is 0. The summed E-state index contributed by atoms with van der Waals surface area (Å²) in [5.41, 5.74) is 0.0675. The van der Waals surface area contributed by atoms with E-state index in [1.807, 2.05) is 0 Å². The van der Waals surface area contributed by atoms with Crippen molar-refractivity contribution in [1.29, 1.82) is 0 Å². The molecule has 1 saturated heterocycles. The molecule has 172 valence electrons. The number of carbonyl (C=O) groups excluding carboxylic acids is 2. The second kappa shape index (κ2) is 10.5. The van der Waals surface area contributed by atoms with Crippen molar-refractivity contribution in [3.63, 3.8) is 0 Å². The lowest BCUT2D eigenvalue weighted by atomic mass is 10.2. The zero-order chi connectivity index (χ0) is 23.1. The molecule has 11 heteroatoms. The number of para-hydroxylation sites is 2. The lowest BCUT2D eigenvalue weighted by molar-refractivity contribution is -0.119. The summed E-state index contributed by atoms with van der Waals surface area (Å²) in [4.78, 5) is 24.3. The van der Waals surface area contributed by atoms with Crippen molar-refractivity contribution >= 4 is 27.6 Å². The number of hydrogen-bond acceptors (Lipinski definition) is 6. The number of esters is 1. The Kier molecular flexibility index (Phi) is 7.75. The van der Waals surface area contributed by atoms with Crippen LogP contribution in [0.15, 0.2) is 53.4 Å². The van der Waals surface area contributed by atoms with Crippen molar-refractivity contribution in [2.45, 2.75) is 30.8 Å². The summed E-state index contributed by atoms with van der Waals surface area (Å²) in [5.74, 6) is -1.82. The number of nitrogens with zero attached hydrogens (tertiary/aromatic N) is 1. The van der Waals surface area contributed by atoms with Gasteiger partial charge in [0.05, 0.1) is 16.1 Å². The van der Waals surface area contributed by atoms with Crippen LogP contribution >= 0.6 is 0 Å². The van der Waals surface area contributed by atoms with Crippen LogP contribution in [0.4, 0.5) is 14.5 Å². The molecule has 1 amide bonds. The van der Waals surface area contributed by atoms with E-state index in [4.69, 9.17) is 4.74 Å². The summed E-state index contributed by atoms with van der Waals surface area (Å²) in [6.45, 7) is -2.80. The molecule has 0 aromatic heterocycles. The Bertz CT molecular complexity index is 1050. The number of carbonyl (C=O) groups is 2. The zero-order valence-corrected chi connectivity index (χ0v) is 17.8. The molecule has 1 aliphatic rings. The number of halogens is 2. The molecule has 0 atom stereocenters. The van der Waals surface area contributed by atoms with Crippen LogP contribution in [0.2, 0.25) is 0 Å². The van der Waals surface area contributed by atoms with Gasteiger partial charge in [0.15, 0.2) is 6.61 Å². The first kappa shape index (κ1) is 23.6. The van der Waals surface area contributed by atoms with Gasteiger partial charge in [-0.2, -0.15) is 13.1 Å². The number of anilines is 1. The van der Waals surface area contributed by atoms with E-state index in [-0.39, 0.29) is 21.9 Å². The van der Waals surface area contributed by atoms with Gasteiger partial charge in [-0.25, -0.2) is 13.2 Å². The van der Waals surface area contributed by atoms with E-state index in [1.165, 1.54) is 52.8 Å². The summed E-state index contributed by atoms with van der Waals surface area (Å²) in [6, 6.07) is 10.8. The van der Waals surface area contributed by atoms with E-state index in [0.29, 0.717) is 13.1 Å². The molecule has 1 heterocycles. The van der Waals surface area contributed by atoms with Crippen molar-refractivity contribution in [1.82, 2.24) is 4.31 Å². The zero-order valence-electron chi connectivity index (χ0n) is 17.0. The molecule has 0 radical (unpaired) electrons. The Morgan fingerprint density at radius 1 is 1.00 bits per heavy atom. The van der Waals surface area contributed by atoms with Crippen LogP contribution in [0.1, 0.15) is 29.6 Å². The Morgan fingerprint density at radius 2 is 1.66 bits per heavy atom. The molecule has 8 nitrogen and oxygen atoms in total. The van der Waals surface area contributed by atoms with Gasteiger partial charge in [-0.15, -0.1) is 0 Å². The predicted octanol–water partition coefficient (Wildman–Crippen LogP) is 3.26. The van der Waals surface area contributed by atoms with Gasteiger partial charge in [-0.1, -0.05) is 18.6 Å². The van der Waals surface area contributed by atoms with Gasteiger partial charge in [-0.05, 0) is 49.2 Å². The fourth-order valence-electron chi connectivity index (χ4n) is 3.19. The van der Waals surface area contributed by atoms with E-state index < -0.39 is 35.1 Å². The number of ether oxygens (including phenoxy) is 2. The van der Waals surface area contributed by atoms with Gasteiger partial charge in [-0.3, -0.25) is 4.79 Å². The van der Waals surface area contributed by atoms with Crippen LogP contribution in [0.5, 0.6) is 5.75 Å². The van der Waals surface area contributed by atoms with Crippen LogP contribution in [0.3, 0.4) is 0 Å². The van der Waals surface area contributed by atoms with E-state index in [1.54, 1.807) is 0 Å². The Labute approximate surface area is 184 Å². The van der Waals surface area contributed by atoms with Crippen molar-refractivity contribution in [2.75, 3.05) is 25.0 Å². The van der Waals surface area contributed by atoms with Crippen molar-refractivity contribution in [3.05, 3.63) is 54.1 Å². The van der Waals surface area contributed by atoms with Crippen LogP contribution < -0.4 is 10.1 Å². The lowest BCUT2D eigenvalue weighted by Crippen LogP contribution is -2.35. The lowest BCUT2D eigenvalue weighted by Gasteiger charge is -2.25. The minimum Gasteiger partial charge on any atom is -0.452 e. The normalized spacial score (nSPS) is 14.7. The number of hydrogen-bond donors (Lipinski definition) is 1. The van der Waals surface area contributed by atoms with Gasteiger partial charge in [0.2, 0.25) is 10.0 Å². The Hall–Kier alpha value is -3.05. The van der Waals surface area contributed by atoms with Crippen LogP contribution in [0.25, 0.3) is 0 Å². The number of amides is 1. The molecule has 2 aromatic carbocycles. The van der Waals surface area contributed by atoms with Crippen LogP contribution in [-0.4, -0.2) is 50.9 Å². The highest BCUT2D eigenvalue weighted by molar-refractivity contribution is 7.89. The minimum atomic E-state index is -3.63. The van der Waals surface area contributed by atoms with E-state index >= 15 is 0 Å². The molecule has 2 aromatic rings. The number of benzene rings is 2. The highest BCUT2D eigenvalue weighted by atomic mass is 32.2. The fourth-order valence-corrected chi connectivity index (χ4v) is 4.70. The number of rotatable bonds is 8. The maximum atomic E-state index is 12.7.